The number of hydrogen-bond donors (Lipinski definition) is 2. The number of nitriles is 1. The summed E-state index contributed by atoms with van der Waals surface area (Å²) < 4.78 is 1.45. The Morgan fingerprint density at radius 3 is 3.12 bits per heavy atom. The van der Waals surface area contributed by atoms with E-state index in [-0.39, 0.29) is 35.7 Å². The van der Waals surface area contributed by atoms with E-state index in [1.807, 2.05) is 6.07 Å². The summed E-state index contributed by atoms with van der Waals surface area (Å²) in [5.74, 6) is -0.464. The van der Waals surface area contributed by atoms with Crippen LogP contribution in [0.2, 0.25) is 0 Å². The van der Waals surface area contributed by atoms with Crippen LogP contribution in [0, 0.1) is 11.3 Å². The molecule has 3 rings (SSSR count). The highest BCUT2D eigenvalue weighted by Gasteiger charge is 2.27. The topological polar surface area (TPSA) is 129 Å². The Balaban J connectivity index is 1.73. The molecule has 2 amide bonds. The van der Waals surface area contributed by atoms with Crippen molar-refractivity contribution in [1.29, 1.82) is 5.26 Å². The van der Waals surface area contributed by atoms with Crippen LogP contribution in [0.5, 0.6) is 0 Å². The molecule has 124 valence electrons. The number of anilines is 1. The van der Waals surface area contributed by atoms with Crippen molar-refractivity contribution in [1.82, 2.24) is 24.8 Å². The van der Waals surface area contributed by atoms with Crippen molar-refractivity contribution in [3.63, 3.8) is 0 Å². The van der Waals surface area contributed by atoms with E-state index in [1.165, 1.54) is 4.52 Å². The summed E-state index contributed by atoms with van der Waals surface area (Å²) in [5.41, 5.74) is 6.46. The number of amides is 2. The minimum absolute atomic E-state index is 0.111. The van der Waals surface area contributed by atoms with E-state index in [0.717, 1.165) is 12.8 Å². The molecule has 0 radical (unpaired) electrons. The van der Waals surface area contributed by atoms with Gasteiger partial charge in [-0.1, -0.05) is 0 Å². The molecule has 1 saturated heterocycles. The summed E-state index contributed by atoms with van der Waals surface area (Å²) in [6, 6.07) is 3.36. The number of carbonyl (C=O) groups excluding carboxylic acids is 2. The molecular formula is C15H17N7O2. The van der Waals surface area contributed by atoms with E-state index in [4.69, 9.17) is 11.0 Å². The van der Waals surface area contributed by atoms with Crippen LogP contribution >= 0.6 is 0 Å². The first-order chi connectivity index (χ1) is 11.6. The number of carbonyl (C=O) groups is 2. The number of piperidine rings is 1. The summed E-state index contributed by atoms with van der Waals surface area (Å²) >= 11 is 0. The van der Waals surface area contributed by atoms with Gasteiger partial charge < -0.3 is 16.0 Å². The predicted molar refractivity (Wildman–Crippen MR) is 84.7 cm³/mol. The summed E-state index contributed by atoms with van der Waals surface area (Å²) in [6.45, 7) is 0.992. The third-order valence-electron chi connectivity index (χ3n) is 3.99. The fraction of sp³-hybridized carbons (Fsp3) is 0.400. The van der Waals surface area contributed by atoms with E-state index in [0.29, 0.717) is 18.7 Å². The Labute approximate surface area is 138 Å². The van der Waals surface area contributed by atoms with Crippen molar-refractivity contribution < 1.29 is 9.59 Å². The fourth-order valence-electron chi connectivity index (χ4n) is 2.88. The molecule has 0 aromatic carbocycles. The average molecular weight is 327 g/mol. The Morgan fingerprint density at radius 2 is 2.33 bits per heavy atom. The maximum atomic E-state index is 12.6. The Hall–Kier alpha value is -3.15. The highest BCUT2D eigenvalue weighted by atomic mass is 16.2. The summed E-state index contributed by atoms with van der Waals surface area (Å²) in [5, 5.41) is 15.6. The quantitative estimate of drug-likeness (QED) is 0.813. The highest BCUT2D eigenvalue weighted by molar-refractivity contribution is 6.04. The van der Waals surface area contributed by atoms with Crippen LogP contribution in [0.15, 0.2) is 18.5 Å². The number of rotatable bonds is 3. The molecule has 1 fully saturated rings. The monoisotopic (exact) mass is 327 g/mol. The van der Waals surface area contributed by atoms with Gasteiger partial charge in [0, 0.05) is 31.5 Å². The zero-order valence-electron chi connectivity index (χ0n) is 13.0. The Bertz CT molecular complexity index is 823. The lowest BCUT2D eigenvalue weighted by Crippen LogP contribution is -2.49. The second-order valence-corrected chi connectivity index (χ2v) is 5.64. The van der Waals surface area contributed by atoms with Crippen molar-refractivity contribution in [2.24, 2.45) is 0 Å². The second kappa shape index (κ2) is 6.54. The van der Waals surface area contributed by atoms with Gasteiger partial charge in [0.05, 0.1) is 6.07 Å². The first-order valence-corrected chi connectivity index (χ1v) is 7.64. The molecule has 0 bridgehead atoms. The molecule has 0 spiro atoms. The lowest BCUT2D eigenvalue weighted by atomic mass is 10.0. The third-order valence-corrected chi connectivity index (χ3v) is 3.99. The van der Waals surface area contributed by atoms with E-state index in [1.54, 1.807) is 23.4 Å². The van der Waals surface area contributed by atoms with Gasteiger partial charge in [0.2, 0.25) is 5.91 Å². The molecule has 3 heterocycles. The first kappa shape index (κ1) is 15.7. The molecule has 2 aromatic rings. The molecule has 9 nitrogen and oxygen atoms in total. The van der Waals surface area contributed by atoms with E-state index < -0.39 is 0 Å². The van der Waals surface area contributed by atoms with Gasteiger partial charge in [-0.3, -0.25) is 9.59 Å². The van der Waals surface area contributed by atoms with Gasteiger partial charge in [-0.05, 0) is 18.9 Å². The molecule has 0 saturated carbocycles. The van der Waals surface area contributed by atoms with Gasteiger partial charge in [0.25, 0.3) is 5.91 Å². The molecular weight excluding hydrogens is 310 g/mol. The number of hydrogen-bond acceptors (Lipinski definition) is 6. The minimum atomic E-state index is -0.360. The van der Waals surface area contributed by atoms with Gasteiger partial charge in [-0.25, -0.2) is 9.50 Å². The number of fused-ring (bicyclic) bond motifs is 1. The van der Waals surface area contributed by atoms with Crippen LogP contribution in [-0.4, -0.2) is 50.4 Å². The smallest absolute Gasteiger partial charge is 0.259 e. The molecule has 2 aromatic heterocycles. The molecule has 24 heavy (non-hydrogen) atoms. The van der Waals surface area contributed by atoms with Crippen LogP contribution in [0.3, 0.4) is 0 Å². The average Bonchev–Trinajstić information content (AvgIpc) is 2.91. The molecule has 1 atom stereocenters. The van der Waals surface area contributed by atoms with E-state index >= 15 is 0 Å². The maximum Gasteiger partial charge on any atom is 0.259 e. The number of likely N-dealkylation sites (tertiary alicyclic amines) is 1. The molecule has 1 aliphatic rings. The maximum absolute atomic E-state index is 12.6. The first-order valence-electron chi connectivity index (χ1n) is 7.64. The fourth-order valence-corrected chi connectivity index (χ4v) is 2.88. The van der Waals surface area contributed by atoms with Crippen LogP contribution in [-0.2, 0) is 4.79 Å². The van der Waals surface area contributed by atoms with Gasteiger partial charge in [0.15, 0.2) is 11.5 Å². The number of nitrogens with zero attached hydrogens (tertiary/aromatic N) is 5. The third kappa shape index (κ3) is 2.99. The van der Waals surface area contributed by atoms with Crippen molar-refractivity contribution >= 4 is 23.3 Å². The van der Waals surface area contributed by atoms with Crippen LogP contribution < -0.4 is 11.1 Å². The highest BCUT2D eigenvalue weighted by Crippen LogP contribution is 2.17. The normalized spacial score (nSPS) is 17.5. The lowest BCUT2D eigenvalue weighted by Gasteiger charge is -2.32. The number of nitrogens with two attached hydrogens (primary N) is 1. The van der Waals surface area contributed by atoms with Crippen molar-refractivity contribution in [2.45, 2.75) is 25.3 Å². The zero-order chi connectivity index (χ0) is 17.1. The van der Waals surface area contributed by atoms with Crippen molar-refractivity contribution in [2.75, 3.05) is 18.8 Å². The summed E-state index contributed by atoms with van der Waals surface area (Å²) in [6.07, 6.45) is 4.61. The molecule has 1 unspecified atom stereocenters. The van der Waals surface area contributed by atoms with Crippen molar-refractivity contribution in [3.8, 4) is 6.07 Å². The van der Waals surface area contributed by atoms with Crippen LogP contribution in [0.25, 0.3) is 5.65 Å². The number of aromatic nitrogens is 3. The number of nitrogens with one attached hydrogen (secondary N) is 1. The van der Waals surface area contributed by atoms with E-state index in [9.17, 15) is 9.59 Å². The van der Waals surface area contributed by atoms with Crippen LogP contribution in [0.1, 0.15) is 29.6 Å². The largest absolute Gasteiger partial charge is 0.381 e. The molecule has 3 N–H and O–H groups in total. The van der Waals surface area contributed by atoms with Crippen molar-refractivity contribution in [3.05, 3.63) is 24.0 Å². The SMILES string of the molecule is N#CCC(=O)N1CCCC(NC(=O)c2c(N)nn3cccnc23)C1. The van der Waals surface area contributed by atoms with Gasteiger partial charge in [0.1, 0.15) is 12.0 Å². The summed E-state index contributed by atoms with van der Waals surface area (Å²) in [4.78, 5) is 30.2. The zero-order valence-corrected chi connectivity index (χ0v) is 13.0. The van der Waals surface area contributed by atoms with Gasteiger partial charge in [-0.2, -0.15) is 5.26 Å². The molecule has 0 aliphatic carbocycles. The summed E-state index contributed by atoms with van der Waals surface area (Å²) in [7, 11) is 0. The van der Waals surface area contributed by atoms with Crippen LogP contribution in [0.4, 0.5) is 5.82 Å². The van der Waals surface area contributed by atoms with E-state index in [2.05, 4.69) is 15.4 Å². The Kier molecular flexibility index (Phi) is 4.29. The standard InChI is InChI=1S/C15H17N7O2/c16-5-4-11(23)21-7-1-3-10(9-21)19-15(24)12-13(17)20-22-8-2-6-18-14(12)22/h2,6,8,10H,1,3-4,7,9H2,(H2,17,20)(H,19,24). The lowest BCUT2D eigenvalue weighted by molar-refractivity contribution is -0.131. The second-order valence-electron chi connectivity index (χ2n) is 5.64. The molecule has 1 aliphatic heterocycles. The minimum Gasteiger partial charge on any atom is -0.381 e. The number of nitrogen functional groups attached to an aromatic ring is 1. The van der Waals surface area contributed by atoms with Gasteiger partial charge in [-0.15, -0.1) is 5.10 Å². The molecule has 9 heteroatoms. The Morgan fingerprint density at radius 1 is 1.50 bits per heavy atom. The van der Waals surface area contributed by atoms with Gasteiger partial charge >= 0.3 is 0 Å². The predicted octanol–water partition coefficient (Wildman–Crippen LogP) is -0.0540.